The van der Waals surface area contributed by atoms with E-state index in [1.54, 1.807) is 38.3 Å². The van der Waals surface area contributed by atoms with E-state index in [0.29, 0.717) is 22.9 Å². The molecular weight excluding hydrogens is 343 g/mol. The summed E-state index contributed by atoms with van der Waals surface area (Å²) in [6.07, 6.45) is -4.40. The van der Waals surface area contributed by atoms with Crippen molar-refractivity contribution in [3.05, 3.63) is 66.0 Å². The average Bonchev–Trinajstić information content (AvgIpc) is 2.61. The van der Waals surface area contributed by atoms with Gasteiger partial charge in [-0.3, -0.25) is 0 Å². The van der Waals surface area contributed by atoms with Crippen LogP contribution in [0.2, 0.25) is 0 Å². The Morgan fingerprint density at radius 2 is 1.69 bits per heavy atom. The molecular formula is C19H16F3N3O. The van der Waals surface area contributed by atoms with Crippen molar-refractivity contribution in [1.82, 2.24) is 9.97 Å². The summed E-state index contributed by atoms with van der Waals surface area (Å²) < 4.78 is 43.9. The summed E-state index contributed by atoms with van der Waals surface area (Å²) in [6, 6.07) is 13.9. The molecule has 0 unspecified atom stereocenters. The van der Waals surface area contributed by atoms with Crippen molar-refractivity contribution in [2.75, 3.05) is 12.4 Å². The van der Waals surface area contributed by atoms with Gasteiger partial charge in [-0.1, -0.05) is 12.1 Å². The van der Waals surface area contributed by atoms with Crippen LogP contribution in [0.25, 0.3) is 11.3 Å². The van der Waals surface area contributed by atoms with E-state index in [0.717, 1.165) is 23.6 Å². The third-order valence-electron chi connectivity index (χ3n) is 3.69. The lowest BCUT2D eigenvalue weighted by Gasteiger charge is -2.11. The number of nitrogens with one attached hydrogen (secondary N) is 1. The molecule has 1 N–H and O–H groups in total. The van der Waals surface area contributed by atoms with E-state index in [4.69, 9.17) is 4.74 Å². The van der Waals surface area contributed by atoms with E-state index < -0.39 is 11.7 Å². The van der Waals surface area contributed by atoms with Crippen molar-refractivity contribution >= 4 is 11.5 Å². The Kier molecular flexibility index (Phi) is 4.79. The zero-order valence-electron chi connectivity index (χ0n) is 14.1. The van der Waals surface area contributed by atoms with E-state index in [2.05, 4.69) is 15.3 Å². The van der Waals surface area contributed by atoms with Gasteiger partial charge in [0.2, 0.25) is 0 Å². The molecule has 3 aromatic rings. The van der Waals surface area contributed by atoms with Gasteiger partial charge in [0.1, 0.15) is 17.4 Å². The van der Waals surface area contributed by atoms with Crippen LogP contribution in [0.5, 0.6) is 5.75 Å². The van der Waals surface area contributed by atoms with Gasteiger partial charge in [0.05, 0.1) is 18.4 Å². The Labute approximate surface area is 148 Å². The molecule has 3 rings (SSSR count). The predicted molar refractivity (Wildman–Crippen MR) is 93.5 cm³/mol. The summed E-state index contributed by atoms with van der Waals surface area (Å²) in [6.45, 7) is 1.69. The van der Waals surface area contributed by atoms with Crippen LogP contribution in [0.3, 0.4) is 0 Å². The monoisotopic (exact) mass is 359 g/mol. The molecule has 0 fully saturated rings. The summed E-state index contributed by atoms with van der Waals surface area (Å²) >= 11 is 0. The summed E-state index contributed by atoms with van der Waals surface area (Å²) in [5.74, 6) is 1.67. The second-order valence-electron chi connectivity index (χ2n) is 5.62. The van der Waals surface area contributed by atoms with Crippen molar-refractivity contribution in [2.24, 2.45) is 0 Å². The van der Waals surface area contributed by atoms with E-state index >= 15 is 0 Å². The number of aromatic nitrogens is 2. The average molecular weight is 359 g/mol. The number of hydrogen-bond acceptors (Lipinski definition) is 4. The molecule has 0 saturated carbocycles. The lowest BCUT2D eigenvalue weighted by atomic mass is 10.1. The summed E-state index contributed by atoms with van der Waals surface area (Å²) in [5.41, 5.74) is 0.859. The minimum absolute atomic E-state index is 0.378. The largest absolute Gasteiger partial charge is 0.497 e. The quantitative estimate of drug-likeness (QED) is 0.693. The minimum Gasteiger partial charge on any atom is -0.497 e. The molecule has 0 bridgehead atoms. The van der Waals surface area contributed by atoms with Gasteiger partial charge in [-0.05, 0) is 43.3 Å². The second-order valence-corrected chi connectivity index (χ2v) is 5.62. The first kappa shape index (κ1) is 17.7. The van der Waals surface area contributed by atoms with Crippen LogP contribution in [-0.4, -0.2) is 17.1 Å². The first-order chi connectivity index (χ1) is 12.3. The highest BCUT2D eigenvalue weighted by atomic mass is 19.4. The van der Waals surface area contributed by atoms with Crippen LogP contribution in [-0.2, 0) is 6.18 Å². The van der Waals surface area contributed by atoms with Gasteiger partial charge in [-0.25, -0.2) is 9.97 Å². The van der Waals surface area contributed by atoms with Crippen LogP contribution < -0.4 is 10.1 Å². The van der Waals surface area contributed by atoms with Crippen molar-refractivity contribution in [2.45, 2.75) is 13.1 Å². The zero-order valence-corrected chi connectivity index (χ0v) is 14.1. The fraction of sp³-hybridized carbons (Fsp3) is 0.158. The van der Waals surface area contributed by atoms with Gasteiger partial charge in [-0.2, -0.15) is 13.2 Å². The number of aryl methyl sites for hydroxylation is 1. The Morgan fingerprint density at radius 1 is 0.962 bits per heavy atom. The molecule has 26 heavy (non-hydrogen) atoms. The number of hydrogen-bond donors (Lipinski definition) is 1. The maximum atomic E-state index is 12.9. The molecule has 0 atom stereocenters. The van der Waals surface area contributed by atoms with Gasteiger partial charge in [0.15, 0.2) is 0 Å². The molecule has 0 saturated heterocycles. The van der Waals surface area contributed by atoms with Crippen LogP contribution in [0, 0.1) is 6.92 Å². The van der Waals surface area contributed by atoms with Crippen LogP contribution in [0.15, 0.2) is 54.6 Å². The number of rotatable bonds is 4. The number of ether oxygens (including phenoxy) is 1. The summed E-state index contributed by atoms with van der Waals surface area (Å²) in [4.78, 5) is 8.55. The van der Waals surface area contributed by atoms with Gasteiger partial charge in [-0.15, -0.1) is 0 Å². The molecule has 7 heteroatoms. The molecule has 1 heterocycles. The summed E-state index contributed by atoms with van der Waals surface area (Å²) in [5, 5.41) is 3.12. The third kappa shape index (κ3) is 4.11. The number of nitrogens with zero attached hydrogens (tertiary/aromatic N) is 2. The van der Waals surface area contributed by atoms with Crippen molar-refractivity contribution in [3.63, 3.8) is 0 Å². The molecule has 0 aliphatic rings. The lowest BCUT2D eigenvalue weighted by Crippen LogP contribution is -2.05. The van der Waals surface area contributed by atoms with Gasteiger partial charge in [0.25, 0.3) is 0 Å². The van der Waals surface area contributed by atoms with E-state index in [1.165, 1.54) is 6.07 Å². The number of halogens is 3. The first-order valence-corrected chi connectivity index (χ1v) is 7.79. The standard InChI is InChI=1S/C19H16F3N3O/c1-12-23-17(13-4-3-5-14(10-13)19(20,21)22)11-18(24-12)25-15-6-8-16(26-2)9-7-15/h3-11H,1-2H3,(H,23,24,25). The zero-order chi connectivity index (χ0) is 18.7. The highest BCUT2D eigenvalue weighted by Crippen LogP contribution is 2.32. The molecule has 4 nitrogen and oxygen atoms in total. The van der Waals surface area contributed by atoms with Crippen molar-refractivity contribution in [3.8, 4) is 17.0 Å². The van der Waals surface area contributed by atoms with Crippen molar-refractivity contribution in [1.29, 1.82) is 0 Å². The van der Waals surface area contributed by atoms with Gasteiger partial charge >= 0.3 is 6.18 Å². The molecule has 2 aromatic carbocycles. The number of anilines is 2. The Hall–Kier alpha value is -3.09. The van der Waals surface area contributed by atoms with E-state index in [1.807, 2.05) is 12.1 Å². The fourth-order valence-electron chi connectivity index (χ4n) is 2.46. The number of methoxy groups -OCH3 is 1. The first-order valence-electron chi connectivity index (χ1n) is 7.79. The summed E-state index contributed by atoms with van der Waals surface area (Å²) in [7, 11) is 1.58. The maximum absolute atomic E-state index is 12.9. The minimum atomic E-state index is -4.40. The smallest absolute Gasteiger partial charge is 0.416 e. The molecule has 0 spiro atoms. The molecule has 0 radical (unpaired) electrons. The highest BCUT2D eigenvalue weighted by molar-refractivity contribution is 5.66. The Morgan fingerprint density at radius 3 is 2.35 bits per heavy atom. The fourth-order valence-corrected chi connectivity index (χ4v) is 2.46. The molecule has 134 valence electrons. The van der Waals surface area contributed by atoms with E-state index in [9.17, 15) is 13.2 Å². The normalized spacial score (nSPS) is 11.3. The van der Waals surface area contributed by atoms with Crippen LogP contribution in [0.4, 0.5) is 24.7 Å². The predicted octanol–water partition coefficient (Wildman–Crippen LogP) is 5.22. The SMILES string of the molecule is COc1ccc(Nc2cc(-c3cccc(C(F)(F)F)c3)nc(C)n2)cc1. The maximum Gasteiger partial charge on any atom is 0.416 e. The number of alkyl halides is 3. The Bertz CT molecular complexity index is 909. The molecule has 1 aromatic heterocycles. The molecule has 0 aliphatic heterocycles. The lowest BCUT2D eigenvalue weighted by molar-refractivity contribution is -0.137. The highest BCUT2D eigenvalue weighted by Gasteiger charge is 2.30. The number of benzene rings is 2. The third-order valence-corrected chi connectivity index (χ3v) is 3.69. The van der Waals surface area contributed by atoms with Crippen molar-refractivity contribution < 1.29 is 17.9 Å². The van der Waals surface area contributed by atoms with Crippen LogP contribution >= 0.6 is 0 Å². The second kappa shape index (κ2) is 7.03. The van der Waals surface area contributed by atoms with E-state index in [-0.39, 0.29) is 0 Å². The van der Waals surface area contributed by atoms with Gasteiger partial charge < -0.3 is 10.1 Å². The van der Waals surface area contributed by atoms with Gasteiger partial charge in [0, 0.05) is 17.3 Å². The topological polar surface area (TPSA) is 47.0 Å². The Balaban J connectivity index is 1.92. The molecule has 0 aliphatic carbocycles. The van der Waals surface area contributed by atoms with Crippen LogP contribution in [0.1, 0.15) is 11.4 Å². The molecule has 0 amide bonds.